The third kappa shape index (κ3) is 5.46. The summed E-state index contributed by atoms with van der Waals surface area (Å²) in [6.45, 7) is 17.4. The average molecular weight is 394 g/mol. The van der Waals surface area contributed by atoms with Gasteiger partial charge in [0.15, 0.2) is 0 Å². The molecule has 3 heteroatoms. The standard InChI is InChI=1S/C26H39N3/c1-9-13-19(7)16-21-17-20(10-2)25(28-26(21)29(8)12-4)22-14-15-24(18(5)6)27-23(22)11-3/h12,14-15,17-19H,4,9-11,13,16H2,1-3,5-8H3. The lowest BCUT2D eigenvalue weighted by molar-refractivity contribution is 0.522. The van der Waals surface area contributed by atoms with Crippen molar-refractivity contribution in [2.24, 2.45) is 5.92 Å². The predicted molar refractivity (Wildman–Crippen MR) is 127 cm³/mol. The van der Waals surface area contributed by atoms with Crippen molar-refractivity contribution in [1.29, 1.82) is 0 Å². The molecular weight excluding hydrogens is 354 g/mol. The minimum absolute atomic E-state index is 0.429. The number of aryl methyl sites for hydroxylation is 2. The van der Waals surface area contributed by atoms with Crippen LogP contribution in [0.1, 0.15) is 82.8 Å². The molecule has 0 fully saturated rings. The van der Waals surface area contributed by atoms with Crippen molar-refractivity contribution in [2.75, 3.05) is 11.9 Å². The van der Waals surface area contributed by atoms with Crippen molar-refractivity contribution in [3.63, 3.8) is 0 Å². The van der Waals surface area contributed by atoms with Gasteiger partial charge in [-0.1, -0.05) is 61.0 Å². The van der Waals surface area contributed by atoms with Gasteiger partial charge in [0.2, 0.25) is 0 Å². The first-order chi connectivity index (χ1) is 13.9. The molecule has 0 N–H and O–H groups in total. The smallest absolute Gasteiger partial charge is 0.136 e. The van der Waals surface area contributed by atoms with E-state index in [-0.39, 0.29) is 0 Å². The van der Waals surface area contributed by atoms with E-state index in [9.17, 15) is 0 Å². The summed E-state index contributed by atoms with van der Waals surface area (Å²) in [5.41, 5.74) is 7.15. The highest BCUT2D eigenvalue weighted by molar-refractivity contribution is 5.70. The van der Waals surface area contributed by atoms with E-state index in [1.165, 1.54) is 29.5 Å². The third-order valence-electron chi connectivity index (χ3n) is 5.67. The van der Waals surface area contributed by atoms with Crippen LogP contribution in [0.25, 0.3) is 11.3 Å². The highest BCUT2D eigenvalue weighted by Crippen LogP contribution is 2.33. The first-order valence-corrected chi connectivity index (χ1v) is 11.2. The van der Waals surface area contributed by atoms with E-state index in [2.05, 4.69) is 71.2 Å². The number of pyridine rings is 2. The molecule has 29 heavy (non-hydrogen) atoms. The molecule has 0 saturated carbocycles. The van der Waals surface area contributed by atoms with E-state index in [0.29, 0.717) is 11.8 Å². The number of hydrogen-bond acceptors (Lipinski definition) is 3. The molecule has 0 aliphatic heterocycles. The molecule has 0 radical (unpaired) electrons. The highest BCUT2D eigenvalue weighted by Gasteiger charge is 2.19. The van der Waals surface area contributed by atoms with Crippen molar-refractivity contribution < 1.29 is 0 Å². The van der Waals surface area contributed by atoms with Gasteiger partial charge < -0.3 is 4.90 Å². The van der Waals surface area contributed by atoms with Gasteiger partial charge in [0, 0.05) is 24.0 Å². The molecule has 0 aromatic carbocycles. The van der Waals surface area contributed by atoms with Crippen molar-refractivity contribution in [1.82, 2.24) is 9.97 Å². The van der Waals surface area contributed by atoms with Crippen molar-refractivity contribution in [2.45, 2.75) is 79.6 Å². The molecule has 0 saturated heterocycles. The first kappa shape index (κ1) is 23.1. The van der Waals surface area contributed by atoms with E-state index in [1.807, 2.05) is 13.2 Å². The highest BCUT2D eigenvalue weighted by atomic mass is 15.1. The van der Waals surface area contributed by atoms with E-state index in [1.54, 1.807) is 0 Å². The summed E-state index contributed by atoms with van der Waals surface area (Å²) in [5, 5.41) is 0. The summed E-state index contributed by atoms with van der Waals surface area (Å²) < 4.78 is 0. The number of rotatable bonds is 10. The van der Waals surface area contributed by atoms with Gasteiger partial charge >= 0.3 is 0 Å². The minimum atomic E-state index is 0.429. The molecule has 2 aromatic heterocycles. The summed E-state index contributed by atoms with van der Waals surface area (Å²) in [6, 6.07) is 6.76. The summed E-state index contributed by atoms with van der Waals surface area (Å²) >= 11 is 0. The Morgan fingerprint density at radius 1 is 1.03 bits per heavy atom. The number of aromatic nitrogens is 2. The Morgan fingerprint density at radius 3 is 2.31 bits per heavy atom. The quantitative estimate of drug-likeness (QED) is 0.437. The fourth-order valence-corrected chi connectivity index (χ4v) is 3.93. The molecular formula is C26H39N3. The van der Waals surface area contributed by atoms with Crippen molar-refractivity contribution in [3.8, 4) is 11.3 Å². The number of anilines is 1. The molecule has 0 bridgehead atoms. The molecule has 0 aliphatic carbocycles. The van der Waals surface area contributed by atoms with Gasteiger partial charge in [-0.25, -0.2) is 4.98 Å². The van der Waals surface area contributed by atoms with E-state index in [0.717, 1.165) is 42.2 Å². The second-order valence-electron chi connectivity index (χ2n) is 8.46. The van der Waals surface area contributed by atoms with Gasteiger partial charge in [0.25, 0.3) is 0 Å². The van der Waals surface area contributed by atoms with Crippen LogP contribution in [0.5, 0.6) is 0 Å². The molecule has 2 aromatic rings. The molecule has 2 rings (SSSR count). The van der Waals surface area contributed by atoms with Gasteiger partial charge in [0.1, 0.15) is 5.82 Å². The van der Waals surface area contributed by atoms with Gasteiger partial charge in [-0.15, -0.1) is 0 Å². The fraction of sp³-hybridized carbons (Fsp3) is 0.538. The summed E-state index contributed by atoms with van der Waals surface area (Å²) in [6.07, 6.45) is 7.22. The van der Waals surface area contributed by atoms with Crippen LogP contribution in [0.15, 0.2) is 31.0 Å². The zero-order valence-corrected chi connectivity index (χ0v) is 19.5. The largest absolute Gasteiger partial charge is 0.336 e. The number of hydrogen-bond donors (Lipinski definition) is 0. The Kier molecular flexibility index (Phi) is 8.43. The monoisotopic (exact) mass is 393 g/mol. The summed E-state index contributed by atoms with van der Waals surface area (Å²) in [4.78, 5) is 12.2. The zero-order chi connectivity index (χ0) is 21.6. The maximum atomic E-state index is 5.20. The summed E-state index contributed by atoms with van der Waals surface area (Å²) in [5.74, 6) is 2.09. The van der Waals surface area contributed by atoms with Crippen LogP contribution in [0.2, 0.25) is 0 Å². The SMILES string of the molecule is C=CN(C)c1nc(-c2ccc(C(C)C)nc2CC)c(CC)cc1CC(C)CCC. The fourth-order valence-electron chi connectivity index (χ4n) is 3.93. The van der Waals surface area contributed by atoms with Crippen LogP contribution in [0, 0.1) is 5.92 Å². The summed E-state index contributed by atoms with van der Waals surface area (Å²) in [7, 11) is 2.04. The molecule has 3 nitrogen and oxygen atoms in total. The first-order valence-electron chi connectivity index (χ1n) is 11.2. The Labute approximate surface area is 178 Å². The van der Waals surface area contributed by atoms with E-state index < -0.39 is 0 Å². The Hall–Kier alpha value is -2.16. The Morgan fingerprint density at radius 2 is 1.76 bits per heavy atom. The van der Waals surface area contributed by atoms with Gasteiger partial charge in [-0.3, -0.25) is 4.98 Å². The maximum absolute atomic E-state index is 5.20. The Balaban J connectivity index is 2.64. The second-order valence-corrected chi connectivity index (χ2v) is 8.46. The lowest BCUT2D eigenvalue weighted by Crippen LogP contribution is -2.15. The maximum Gasteiger partial charge on any atom is 0.136 e. The lowest BCUT2D eigenvalue weighted by Gasteiger charge is -2.23. The second kappa shape index (κ2) is 10.6. The van der Waals surface area contributed by atoms with E-state index in [4.69, 9.17) is 9.97 Å². The molecule has 0 spiro atoms. The topological polar surface area (TPSA) is 29.0 Å². The minimum Gasteiger partial charge on any atom is -0.336 e. The lowest BCUT2D eigenvalue weighted by atomic mass is 9.93. The normalized spacial score (nSPS) is 12.3. The van der Waals surface area contributed by atoms with Crippen LogP contribution >= 0.6 is 0 Å². The molecule has 158 valence electrons. The van der Waals surface area contributed by atoms with Crippen LogP contribution in [0.4, 0.5) is 5.82 Å². The van der Waals surface area contributed by atoms with Crippen LogP contribution < -0.4 is 4.90 Å². The number of nitrogens with zero attached hydrogens (tertiary/aromatic N) is 3. The predicted octanol–water partition coefficient (Wildman–Crippen LogP) is 6.95. The van der Waals surface area contributed by atoms with Crippen molar-refractivity contribution >= 4 is 5.82 Å². The molecule has 0 amide bonds. The molecule has 1 unspecified atom stereocenters. The van der Waals surface area contributed by atoms with Gasteiger partial charge in [-0.2, -0.15) is 0 Å². The molecule has 1 atom stereocenters. The molecule has 2 heterocycles. The van der Waals surface area contributed by atoms with Crippen LogP contribution in [-0.4, -0.2) is 17.0 Å². The van der Waals surface area contributed by atoms with Crippen LogP contribution in [-0.2, 0) is 19.3 Å². The van der Waals surface area contributed by atoms with Gasteiger partial charge in [0.05, 0.1) is 5.69 Å². The van der Waals surface area contributed by atoms with E-state index >= 15 is 0 Å². The van der Waals surface area contributed by atoms with Crippen LogP contribution in [0.3, 0.4) is 0 Å². The third-order valence-corrected chi connectivity index (χ3v) is 5.67. The zero-order valence-electron chi connectivity index (χ0n) is 19.5. The van der Waals surface area contributed by atoms with Gasteiger partial charge in [-0.05, 0) is 66.6 Å². The average Bonchev–Trinajstić information content (AvgIpc) is 2.72. The Bertz CT molecular complexity index is 823. The van der Waals surface area contributed by atoms with Crippen molar-refractivity contribution in [3.05, 3.63) is 53.5 Å². The molecule has 0 aliphatic rings.